The number of aromatic nitrogens is 4. The lowest BCUT2D eigenvalue weighted by atomic mass is 10.1. The van der Waals surface area contributed by atoms with Gasteiger partial charge in [-0.25, -0.2) is 9.48 Å². The van der Waals surface area contributed by atoms with E-state index in [9.17, 15) is 4.79 Å². The molecule has 0 aliphatic carbocycles. The Balaban J connectivity index is 1.94. The topological polar surface area (TPSA) is 69.9 Å². The molecule has 102 valence electrons. The van der Waals surface area contributed by atoms with Crippen LogP contribution in [0.3, 0.4) is 0 Å². The van der Waals surface area contributed by atoms with Crippen molar-refractivity contribution in [2.45, 2.75) is 6.61 Å². The molecule has 0 amide bonds. The van der Waals surface area contributed by atoms with Gasteiger partial charge < -0.3 is 4.74 Å². The second-order valence-corrected chi connectivity index (χ2v) is 4.63. The van der Waals surface area contributed by atoms with E-state index in [1.807, 2.05) is 24.3 Å². The lowest BCUT2D eigenvalue weighted by Crippen LogP contribution is -2.04. The number of esters is 1. The number of pyridine rings is 1. The van der Waals surface area contributed by atoms with Crippen LogP contribution < -0.4 is 0 Å². The number of cyclic esters (lactones) is 1. The molecule has 0 spiro atoms. The van der Waals surface area contributed by atoms with Gasteiger partial charge in [0.15, 0.2) is 0 Å². The summed E-state index contributed by atoms with van der Waals surface area (Å²) < 4.78 is 6.97. The molecule has 4 rings (SSSR count). The highest BCUT2D eigenvalue weighted by molar-refractivity contribution is 5.94. The standard InChI is InChI=1S/C15H10N4O2/c20-15-11-5-1-2-6-12(11)19-13(9-21-15)14(17-18-19)10-4-3-7-16-8-10/h1-8H,9H2. The van der Waals surface area contributed by atoms with E-state index in [1.165, 1.54) is 0 Å². The molecule has 1 aromatic carbocycles. The van der Waals surface area contributed by atoms with Gasteiger partial charge in [0.05, 0.1) is 11.3 Å². The fraction of sp³-hybridized carbons (Fsp3) is 0.0667. The zero-order valence-corrected chi connectivity index (χ0v) is 10.9. The van der Waals surface area contributed by atoms with Crippen LogP contribution in [0, 0.1) is 0 Å². The minimum absolute atomic E-state index is 0.130. The molecular weight excluding hydrogens is 268 g/mol. The normalized spacial score (nSPS) is 13.0. The van der Waals surface area contributed by atoms with E-state index >= 15 is 0 Å². The van der Waals surface area contributed by atoms with Gasteiger partial charge in [-0.2, -0.15) is 0 Å². The highest BCUT2D eigenvalue weighted by Crippen LogP contribution is 2.27. The first-order chi connectivity index (χ1) is 10.3. The molecule has 2 aromatic heterocycles. The van der Waals surface area contributed by atoms with Crippen molar-refractivity contribution < 1.29 is 9.53 Å². The number of nitrogens with zero attached hydrogens (tertiary/aromatic N) is 4. The number of carbonyl (C=O) groups excluding carboxylic acids is 1. The third kappa shape index (κ3) is 1.80. The van der Waals surface area contributed by atoms with Gasteiger partial charge in [0.2, 0.25) is 0 Å². The van der Waals surface area contributed by atoms with E-state index in [0.29, 0.717) is 16.9 Å². The van der Waals surface area contributed by atoms with Crippen LogP contribution in [-0.2, 0) is 11.3 Å². The molecule has 3 aromatic rings. The fourth-order valence-electron chi connectivity index (χ4n) is 2.39. The summed E-state index contributed by atoms with van der Waals surface area (Å²) in [6, 6.07) is 10.9. The Morgan fingerprint density at radius 2 is 2.05 bits per heavy atom. The van der Waals surface area contributed by atoms with E-state index < -0.39 is 0 Å². The molecule has 0 saturated carbocycles. The summed E-state index contributed by atoms with van der Waals surface area (Å²) in [5.41, 5.74) is 3.42. The molecule has 0 saturated heterocycles. The Morgan fingerprint density at radius 3 is 2.90 bits per heavy atom. The van der Waals surface area contributed by atoms with Crippen LogP contribution in [0.5, 0.6) is 0 Å². The third-order valence-electron chi connectivity index (χ3n) is 3.39. The van der Waals surface area contributed by atoms with Gasteiger partial charge in [-0.1, -0.05) is 17.3 Å². The molecular formula is C15H10N4O2. The van der Waals surface area contributed by atoms with Gasteiger partial charge in [0.1, 0.15) is 18.0 Å². The monoisotopic (exact) mass is 278 g/mol. The molecule has 6 nitrogen and oxygen atoms in total. The first kappa shape index (κ1) is 11.8. The average molecular weight is 278 g/mol. The number of rotatable bonds is 1. The Labute approximate surface area is 120 Å². The minimum Gasteiger partial charge on any atom is -0.455 e. The fourth-order valence-corrected chi connectivity index (χ4v) is 2.39. The van der Waals surface area contributed by atoms with E-state index in [-0.39, 0.29) is 12.6 Å². The van der Waals surface area contributed by atoms with Crippen LogP contribution in [0.2, 0.25) is 0 Å². The summed E-state index contributed by atoms with van der Waals surface area (Å²) in [5.74, 6) is -0.353. The Hall–Kier alpha value is -3.02. The Kier molecular flexibility index (Phi) is 2.53. The average Bonchev–Trinajstić information content (AvgIpc) is 2.91. The van der Waals surface area contributed by atoms with Crippen molar-refractivity contribution in [3.8, 4) is 16.9 Å². The van der Waals surface area contributed by atoms with Gasteiger partial charge in [0, 0.05) is 18.0 Å². The molecule has 21 heavy (non-hydrogen) atoms. The number of fused-ring (bicyclic) bond motifs is 3. The van der Waals surface area contributed by atoms with Crippen LogP contribution in [0.1, 0.15) is 16.1 Å². The van der Waals surface area contributed by atoms with Gasteiger partial charge in [-0.15, -0.1) is 5.10 Å². The largest absolute Gasteiger partial charge is 0.455 e. The highest BCUT2D eigenvalue weighted by atomic mass is 16.5. The number of para-hydroxylation sites is 1. The number of ether oxygens (including phenoxy) is 1. The summed E-state index contributed by atoms with van der Waals surface area (Å²) in [6.45, 7) is 0.130. The van der Waals surface area contributed by atoms with Gasteiger partial charge in [0.25, 0.3) is 0 Å². The summed E-state index contributed by atoms with van der Waals surface area (Å²) in [5, 5.41) is 8.39. The van der Waals surface area contributed by atoms with Crippen LogP contribution in [0.25, 0.3) is 16.9 Å². The molecule has 0 fully saturated rings. The smallest absolute Gasteiger partial charge is 0.340 e. The van der Waals surface area contributed by atoms with Crippen molar-refractivity contribution in [1.29, 1.82) is 0 Å². The molecule has 3 heterocycles. The minimum atomic E-state index is -0.353. The molecule has 0 N–H and O–H groups in total. The van der Waals surface area contributed by atoms with Gasteiger partial charge >= 0.3 is 5.97 Å². The molecule has 6 heteroatoms. The Bertz CT molecular complexity index is 827. The maximum atomic E-state index is 12.0. The number of benzene rings is 1. The number of hydrogen-bond acceptors (Lipinski definition) is 5. The van der Waals surface area contributed by atoms with E-state index in [2.05, 4.69) is 15.3 Å². The van der Waals surface area contributed by atoms with Crippen molar-refractivity contribution in [3.63, 3.8) is 0 Å². The molecule has 0 atom stereocenters. The molecule has 1 aliphatic heterocycles. The maximum Gasteiger partial charge on any atom is 0.340 e. The van der Waals surface area contributed by atoms with Gasteiger partial charge in [-0.05, 0) is 24.3 Å². The van der Waals surface area contributed by atoms with Crippen LogP contribution in [-0.4, -0.2) is 25.9 Å². The molecule has 0 bridgehead atoms. The van der Waals surface area contributed by atoms with Gasteiger partial charge in [-0.3, -0.25) is 4.98 Å². The van der Waals surface area contributed by atoms with Crippen LogP contribution in [0.15, 0.2) is 48.8 Å². The van der Waals surface area contributed by atoms with E-state index in [0.717, 1.165) is 11.3 Å². The third-order valence-corrected chi connectivity index (χ3v) is 3.39. The quantitative estimate of drug-likeness (QED) is 0.637. The van der Waals surface area contributed by atoms with Crippen molar-refractivity contribution >= 4 is 5.97 Å². The summed E-state index contributed by atoms with van der Waals surface area (Å²) >= 11 is 0. The summed E-state index contributed by atoms with van der Waals surface area (Å²) in [7, 11) is 0. The van der Waals surface area contributed by atoms with E-state index in [1.54, 1.807) is 29.2 Å². The predicted octanol–water partition coefficient (Wildman–Crippen LogP) is 2.00. The SMILES string of the molecule is O=C1OCc2c(-c3cccnc3)nnn2-c2ccccc21. The molecule has 0 unspecified atom stereocenters. The highest BCUT2D eigenvalue weighted by Gasteiger charge is 2.25. The zero-order chi connectivity index (χ0) is 14.2. The molecule has 1 aliphatic rings. The van der Waals surface area contributed by atoms with Crippen LogP contribution in [0.4, 0.5) is 0 Å². The lowest BCUT2D eigenvalue weighted by Gasteiger charge is -2.04. The number of carbonyl (C=O) groups is 1. The predicted molar refractivity (Wildman–Crippen MR) is 73.7 cm³/mol. The summed E-state index contributed by atoms with van der Waals surface area (Å²) in [4.78, 5) is 16.1. The molecule has 0 radical (unpaired) electrons. The lowest BCUT2D eigenvalue weighted by molar-refractivity contribution is 0.0476. The van der Waals surface area contributed by atoms with Crippen molar-refractivity contribution in [2.75, 3.05) is 0 Å². The first-order valence-electron chi connectivity index (χ1n) is 6.46. The van der Waals surface area contributed by atoms with Crippen LogP contribution >= 0.6 is 0 Å². The second-order valence-electron chi connectivity index (χ2n) is 4.63. The van der Waals surface area contributed by atoms with Crippen molar-refractivity contribution in [1.82, 2.24) is 20.0 Å². The Morgan fingerprint density at radius 1 is 1.14 bits per heavy atom. The second kappa shape index (κ2) is 4.52. The maximum absolute atomic E-state index is 12.0. The number of hydrogen-bond donors (Lipinski definition) is 0. The van der Waals surface area contributed by atoms with E-state index in [4.69, 9.17) is 4.74 Å². The zero-order valence-electron chi connectivity index (χ0n) is 10.9. The summed E-state index contributed by atoms with van der Waals surface area (Å²) in [6.07, 6.45) is 3.41. The first-order valence-corrected chi connectivity index (χ1v) is 6.46. The van der Waals surface area contributed by atoms with Crippen molar-refractivity contribution in [2.24, 2.45) is 0 Å². The van der Waals surface area contributed by atoms with Crippen molar-refractivity contribution in [3.05, 3.63) is 60.0 Å².